The lowest BCUT2D eigenvalue weighted by molar-refractivity contribution is -0.112. The molecule has 14 heavy (non-hydrogen) atoms. The summed E-state index contributed by atoms with van der Waals surface area (Å²) in [4.78, 5) is 14.5. The molecule has 2 rings (SSSR count). The van der Waals surface area contributed by atoms with E-state index in [0.29, 0.717) is 5.71 Å². The summed E-state index contributed by atoms with van der Waals surface area (Å²) >= 11 is 0. The number of hydrogen-bond acceptors (Lipinski definition) is 5. The van der Waals surface area contributed by atoms with Gasteiger partial charge < -0.3 is 5.73 Å². The fourth-order valence-electron chi connectivity index (χ4n) is 0.731. The number of aliphatic imine (C=N–C) groups is 1. The van der Waals surface area contributed by atoms with E-state index in [1.165, 1.54) is 6.20 Å². The van der Waals surface area contributed by atoms with E-state index in [1.807, 2.05) is 0 Å². The molecule has 0 unspecified atom stereocenters. The first-order valence-electron chi connectivity index (χ1n) is 4.27. The Morgan fingerprint density at radius 2 is 2.21 bits per heavy atom. The first-order chi connectivity index (χ1) is 6.79. The van der Waals surface area contributed by atoms with Crippen LogP contribution in [0.25, 0.3) is 0 Å². The van der Waals surface area contributed by atoms with Crippen LogP contribution in [0.4, 0.5) is 0 Å². The minimum Gasteiger partial charge on any atom is -0.330 e. The molecule has 74 valence electrons. The van der Waals surface area contributed by atoms with Crippen LogP contribution < -0.4 is 5.73 Å². The molecule has 2 N–H and O–H groups in total. The number of hydrogen-bond donors (Lipinski definition) is 1. The molecule has 0 fully saturated rings. The normalized spacial score (nSPS) is 16.9. The molecule has 0 saturated carbocycles. The molecule has 6 nitrogen and oxygen atoms in total. The van der Waals surface area contributed by atoms with E-state index in [2.05, 4.69) is 27.4 Å². The second-order valence-corrected chi connectivity index (χ2v) is 2.56. The zero-order chi connectivity index (χ0) is 10.4. The quantitative estimate of drug-likeness (QED) is 0.662. The van der Waals surface area contributed by atoms with E-state index in [9.17, 15) is 4.79 Å². The van der Waals surface area contributed by atoms with Crippen molar-refractivity contribution in [2.75, 3.05) is 6.54 Å². The number of nitrogens with two attached hydrogens (primary N) is 1. The van der Waals surface area contributed by atoms with Crippen LogP contribution in [-0.2, 0) is 4.79 Å². The molecule has 0 aromatic carbocycles. The zero-order valence-corrected chi connectivity index (χ0v) is 7.84. The van der Waals surface area contributed by atoms with Gasteiger partial charge in [0, 0.05) is 6.20 Å². The van der Waals surface area contributed by atoms with Crippen molar-refractivity contribution in [3.63, 3.8) is 0 Å². The molecule has 2 heterocycles. The number of amides is 1. The second-order valence-electron chi connectivity index (χ2n) is 2.56. The SMILES string of the molecule is CCCN.O=C1N=NN=C2C=CN=C12. The highest BCUT2D eigenvalue weighted by molar-refractivity contribution is 6.70. The van der Waals surface area contributed by atoms with Crippen LogP contribution in [-0.4, -0.2) is 23.9 Å². The second kappa shape index (κ2) is 5.13. The summed E-state index contributed by atoms with van der Waals surface area (Å²) in [6.45, 7) is 2.88. The smallest absolute Gasteiger partial charge is 0.317 e. The van der Waals surface area contributed by atoms with E-state index >= 15 is 0 Å². The maximum absolute atomic E-state index is 10.8. The van der Waals surface area contributed by atoms with Crippen molar-refractivity contribution >= 4 is 17.3 Å². The Balaban J connectivity index is 0.000000213. The van der Waals surface area contributed by atoms with Crippen LogP contribution in [0.5, 0.6) is 0 Å². The van der Waals surface area contributed by atoms with E-state index < -0.39 is 5.91 Å². The van der Waals surface area contributed by atoms with E-state index in [0.717, 1.165) is 13.0 Å². The van der Waals surface area contributed by atoms with Gasteiger partial charge in [0.2, 0.25) is 0 Å². The van der Waals surface area contributed by atoms with E-state index in [-0.39, 0.29) is 5.71 Å². The summed E-state index contributed by atoms with van der Waals surface area (Å²) in [5.74, 6) is -0.421. The molecular weight excluding hydrogens is 182 g/mol. The van der Waals surface area contributed by atoms with Gasteiger partial charge in [0.15, 0.2) is 5.71 Å². The van der Waals surface area contributed by atoms with Crippen molar-refractivity contribution in [1.29, 1.82) is 0 Å². The van der Waals surface area contributed by atoms with Crippen molar-refractivity contribution in [2.24, 2.45) is 26.2 Å². The highest BCUT2D eigenvalue weighted by Gasteiger charge is 2.21. The topological polar surface area (TPSA) is 92.5 Å². The molecule has 0 aliphatic carbocycles. The van der Waals surface area contributed by atoms with Crippen LogP contribution in [0.1, 0.15) is 13.3 Å². The van der Waals surface area contributed by atoms with Gasteiger partial charge in [-0.25, -0.2) is 4.99 Å². The molecule has 0 aromatic rings. The van der Waals surface area contributed by atoms with Gasteiger partial charge in [0.25, 0.3) is 0 Å². The monoisotopic (exact) mass is 193 g/mol. The Bertz CT molecular complexity index is 332. The summed E-state index contributed by atoms with van der Waals surface area (Å²) in [6.07, 6.45) is 4.22. The summed E-state index contributed by atoms with van der Waals surface area (Å²) in [6, 6.07) is 0. The summed E-state index contributed by atoms with van der Waals surface area (Å²) in [7, 11) is 0. The van der Waals surface area contributed by atoms with Crippen molar-refractivity contribution in [1.82, 2.24) is 0 Å². The van der Waals surface area contributed by atoms with Crippen LogP contribution in [0.15, 0.2) is 32.7 Å². The minimum absolute atomic E-state index is 0.287. The fourth-order valence-corrected chi connectivity index (χ4v) is 0.731. The third-order valence-electron chi connectivity index (χ3n) is 1.46. The first-order valence-corrected chi connectivity index (χ1v) is 4.27. The lowest BCUT2D eigenvalue weighted by atomic mass is 10.2. The Morgan fingerprint density at radius 1 is 1.50 bits per heavy atom. The average molecular weight is 193 g/mol. The van der Waals surface area contributed by atoms with Gasteiger partial charge >= 0.3 is 5.91 Å². The van der Waals surface area contributed by atoms with Gasteiger partial charge in [-0.3, -0.25) is 4.79 Å². The van der Waals surface area contributed by atoms with Gasteiger partial charge in [-0.05, 0) is 24.3 Å². The molecule has 0 spiro atoms. The van der Waals surface area contributed by atoms with Gasteiger partial charge in [0.05, 0.1) is 0 Å². The number of fused-ring (bicyclic) bond motifs is 1. The van der Waals surface area contributed by atoms with Gasteiger partial charge in [-0.2, -0.15) is 0 Å². The summed E-state index contributed by atoms with van der Waals surface area (Å²) < 4.78 is 0. The van der Waals surface area contributed by atoms with Gasteiger partial charge in [-0.15, -0.1) is 5.10 Å². The molecule has 2 aliphatic rings. The van der Waals surface area contributed by atoms with Gasteiger partial charge in [0.1, 0.15) is 5.71 Å². The number of rotatable bonds is 1. The molecule has 0 aromatic heterocycles. The molecule has 0 radical (unpaired) electrons. The van der Waals surface area contributed by atoms with Crippen LogP contribution in [0.3, 0.4) is 0 Å². The fraction of sp³-hybridized carbons (Fsp3) is 0.375. The Kier molecular flexibility index (Phi) is 3.81. The molecule has 0 atom stereocenters. The standard InChI is InChI=1S/C5H2N4O.C3H9N/c10-5-4-3(1-2-6-4)7-9-8-5;1-2-3-4/h1-2H;2-4H2,1H3. The number of allylic oxidation sites excluding steroid dienone is 1. The predicted molar refractivity (Wildman–Crippen MR) is 53.2 cm³/mol. The summed E-state index contributed by atoms with van der Waals surface area (Å²) in [5.41, 5.74) is 5.81. The zero-order valence-electron chi connectivity index (χ0n) is 7.84. The van der Waals surface area contributed by atoms with Crippen LogP contribution >= 0.6 is 0 Å². The number of carbonyl (C=O) groups excluding carboxylic acids is 1. The van der Waals surface area contributed by atoms with E-state index in [4.69, 9.17) is 5.73 Å². The highest BCUT2D eigenvalue weighted by Crippen LogP contribution is 2.05. The largest absolute Gasteiger partial charge is 0.330 e. The average Bonchev–Trinajstić information content (AvgIpc) is 2.68. The van der Waals surface area contributed by atoms with Crippen molar-refractivity contribution in [3.05, 3.63) is 12.3 Å². The lowest BCUT2D eigenvalue weighted by Gasteiger charge is -1.96. The Labute approximate surface area is 81.3 Å². The third-order valence-corrected chi connectivity index (χ3v) is 1.46. The third kappa shape index (κ3) is 2.40. The highest BCUT2D eigenvalue weighted by atomic mass is 16.2. The van der Waals surface area contributed by atoms with Gasteiger partial charge in [-0.1, -0.05) is 12.0 Å². The van der Waals surface area contributed by atoms with E-state index in [1.54, 1.807) is 6.08 Å². The summed E-state index contributed by atoms with van der Waals surface area (Å²) in [5, 5.41) is 10.0. The molecule has 6 heteroatoms. The maximum atomic E-state index is 10.8. The van der Waals surface area contributed by atoms with Crippen LogP contribution in [0, 0.1) is 0 Å². The Hall–Kier alpha value is -1.69. The molecular formula is C8H11N5O. The lowest BCUT2D eigenvalue weighted by Crippen LogP contribution is -2.20. The van der Waals surface area contributed by atoms with Crippen molar-refractivity contribution in [2.45, 2.75) is 13.3 Å². The molecule has 0 bridgehead atoms. The number of nitrogens with zero attached hydrogens (tertiary/aromatic N) is 4. The van der Waals surface area contributed by atoms with Crippen molar-refractivity contribution < 1.29 is 4.79 Å². The molecule has 2 aliphatic heterocycles. The molecule has 0 saturated heterocycles. The minimum atomic E-state index is -0.421. The predicted octanol–water partition coefficient (Wildman–Crippen LogP) is 0.658. The first kappa shape index (κ1) is 10.4. The van der Waals surface area contributed by atoms with Crippen molar-refractivity contribution in [3.8, 4) is 0 Å². The Morgan fingerprint density at radius 3 is 2.79 bits per heavy atom. The molecule has 1 amide bonds. The maximum Gasteiger partial charge on any atom is 0.317 e. The van der Waals surface area contributed by atoms with Crippen LogP contribution in [0.2, 0.25) is 0 Å². The number of carbonyl (C=O) groups is 1.